The summed E-state index contributed by atoms with van der Waals surface area (Å²) in [4.78, 5) is 3.52. The van der Waals surface area contributed by atoms with Crippen LogP contribution in [0.1, 0.15) is 17.5 Å². The van der Waals surface area contributed by atoms with Crippen molar-refractivity contribution in [3.8, 4) is 6.07 Å². The third-order valence-electron chi connectivity index (χ3n) is 4.72. The molecule has 1 aliphatic heterocycles. The number of rotatable bonds is 5. The standard InChI is InChI=1S/C20H21F2N3O/c1-24(19-17(21)9-16(11-23)10-18(19)22)13-20(26)7-8-25(14-20)12-15-5-3-2-4-6-15/h2-6,9-10,26H,7-8,12-14H2,1H3. The van der Waals surface area contributed by atoms with Crippen molar-refractivity contribution in [2.75, 3.05) is 31.6 Å². The highest BCUT2D eigenvalue weighted by Gasteiger charge is 2.37. The molecule has 2 aromatic rings. The van der Waals surface area contributed by atoms with Crippen LogP contribution >= 0.6 is 0 Å². The first kappa shape index (κ1) is 18.3. The molecular weight excluding hydrogens is 336 g/mol. The van der Waals surface area contributed by atoms with Gasteiger partial charge in [0.25, 0.3) is 0 Å². The molecule has 0 spiro atoms. The van der Waals surface area contributed by atoms with Gasteiger partial charge in [0.2, 0.25) is 0 Å². The smallest absolute Gasteiger partial charge is 0.150 e. The average Bonchev–Trinajstić information content (AvgIpc) is 2.95. The van der Waals surface area contributed by atoms with Crippen LogP contribution in [0.3, 0.4) is 0 Å². The van der Waals surface area contributed by atoms with Crippen molar-refractivity contribution in [3.63, 3.8) is 0 Å². The number of benzene rings is 2. The molecule has 6 heteroatoms. The predicted molar refractivity (Wildman–Crippen MR) is 95.6 cm³/mol. The molecule has 136 valence electrons. The third-order valence-corrected chi connectivity index (χ3v) is 4.72. The van der Waals surface area contributed by atoms with Gasteiger partial charge in [0.15, 0.2) is 11.6 Å². The molecule has 0 bridgehead atoms. The average molecular weight is 357 g/mol. The Morgan fingerprint density at radius 2 is 1.88 bits per heavy atom. The summed E-state index contributed by atoms with van der Waals surface area (Å²) in [6.45, 7) is 1.99. The Morgan fingerprint density at radius 3 is 2.50 bits per heavy atom. The fourth-order valence-corrected chi connectivity index (χ4v) is 3.56. The number of likely N-dealkylation sites (N-methyl/N-ethyl adjacent to an activating group) is 1. The molecule has 3 rings (SSSR count). The Hall–Kier alpha value is -2.49. The number of hydrogen-bond acceptors (Lipinski definition) is 4. The van der Waals surface area contributed by atoms with E-state index in [1.807, 2.05) is 30.3 Å². The van der Waals surface area contributed by atoms with Crippen molar-refractivity contribution in [1.29, 1.82) is 5.26 Å². The van der Waals surface area contributed by atoms with E-state index in [0.717, 1.165) is 30.8 Å². The van der Waals surface area contributed by atoms with Crippen molar-refractivity contribution >= 4 is 5.69 Å². The highest BCUT2D eigenvalue weighted by molar-refractivity contribution is 5.52. The van der Waals surface area contributed by atoms with Gasteiger partial charge in [0, 0.05) is 33.2 Å². The summed E-state index contributed by atoms with van der Waals surface area (Å²) in [5.74, 6) is -1.60. The lowest BCUT2D eigenvalue weighted by molar-refractivity contribution is 0.0560. The molecule has 26 heavy (non-hydrogen) atoms. The zero-order valence-electron chi connectivity index (χ0n) is 14.6. The van der Waals surface area contributed by atoms with Gasteiger partial charge in [-0.05, 0) is 24.1 Å². The van der Waals surface area contributed by atoms with E-state index in [1.54, 1.807) is 13.1 Å². The van der Waals surface area contributed by atoms with E-state index in [2.05, 4.69) is 4.90 Å². The molecule has 0 saturated carbocycles. The van der Waals surface area contributed by atoms with Gasteiger partial charge in [0.05, 0.1) is 17.2 Å². The zero-order valence-corrected chi connectivity index (χ0v) is 14.6. The molecule has 4 nitrogen and oxygen atoms in total. The first-order valence-electron chi connectivity index (χ1n) is 8.49. The van der Waals surface area contributed by atoms with Crippen LogP contribution in [0.25, 0.3) is 0 Å². The van der Waals surface area contributed by atoms with Gasteiger partial charge in [-0.1, -0.05) is 30.3 Å². The van der Waals surface area contributed by atoms with E-state index in [4.69, 9.17) is 5.26 Å². The Balaban J connectivity index is 1.68. The van der Waals surface area contributed by atoms with Crippen LogP contribution in [0, 0.1) is 23.0 Å². The van der Waals surface area contributed by atoms with Crippen LogP contribution in [0.2, 0.25) is 0 Å². The Bertz CT molecular complexity index is 799. The Labute approximate surface area is 151 Å². The number of nitriles is 1. The normalized spacial score (nSPS) is 20.1. The van der Waals surface area contributed by atoms with Crippen LogP contribution < -0.4 is 4.90 Å². The summed E-state index contributed by atoms with van der Waals surface area (Å²) in [5.41, 5.74) is -0.171. The number of likely N-dealkylation sites (tertiary alicyclic amines) is 1. The maximum Gasteiger partial charge on any atom is 0.150 e. The van der Waals surface area contributed by atoms with E-state index < -0.39 is 17.2 Å². The SMILES string of the molecule is CN(CC1(O)CCN(Cc2ccccc2)C1)c1c(F)cc(C#N)cc1F. The number of β-amino-alcohol motifs (C(OH)–C–C–N with tert-alkyl or cyclic N) is 1. The molecule has 1 N–H and O–H groups in total. The molecular formula is C20H21F2N3O. The summed E-state index contributed by atoms with van der Waals surface area (Å²) < 4.78 is 28.4. The fourth-order valence-electron chi connectivity index (χ4n) is 3.56. The predicted octanol–water partition coefficient (Wildman–Crippen LogP) is 2.91. The maximum absolute atomic E-state index is 14.2. The number of anilines is 1. The Kier molecular flexibility index (Phi) is 5.21. The van der Waals surface area contributed by atoms with Crippen LogP contribution in [-0.2, 0) is 6.54 Å². The Morgan fingerprint density at radius 1 is 1.23 bits per heavy atom. The van der Waals surface area contributed by atoms with Gasteiger partial charge in [-0.3, -0.25) is 4.90 Å². The molecule has 2 aromatic carbocycles. The number of hydrogen-bond donors (Lipinski definition) is 1. The maximum atomic E-state index is 14.2. The first-order valence-corrected chi connectivity index (χ1v) is 8.49. The molecule has 1 fully saturated rings. The van der Waals surface area contributed by atoms with Crippen molar-refractivity contribution < 1.29 is 13.9 Å². The molecule has 1 aliphatic rings. The molecule has 0 radical (unpaired) electrons. The highest BCUT2D eigenvalue weighted by Crippen LogP contribution is 2.29. The van der Waals surface area contributed by atoms with Crippen LogP contribution in [0.4, 0.5) is 14.5 Å². The fraction of sp³-hybridized carbons (Fsp3) is 0.350. The van der Waals surface area contributed by atoms with Crippen LogP contribution in [0.5, 0.6) is 0 Å². The number of nitrogens with zero attached hydrogens (tertiary/aromatic N) is 3. The van der Waals surface area contributed by atoms with Crippen molar-refractivity contribution in [2.24, 2.45) is 0 Å². The lowest BCUT2D eigenvalue weighted by Gasteiger charge is -2.30. The lowest BCUT2D eigenvalue weighted by atomic mass is 10.0. The summed E-state index contributed by atoms with van der Waals surface area (Å²) in [5, 5.41) is 19.7. The monoisotopic (exact) mass is 357 g/mol. The van der Waals surface area contributed by atoms with Crippen LogP contribution in [0.15, 0.2) is 42.5 Å². The first-order chi connectivity index (χ1) is 12.4. The van der Waals surface area contributed by atoms with Gasteiger partial charge < -0.3 is 10.0 Å². The lowest BCUT2D eigenvalue weighted by Crippen LogP contribution is -2.44. The minimum Gasteiger partial charge on any atom is -0.387 e. The van der Waals surface area contributed by atoms with Gasteiger partial charge in [-0.2, -0.15) is 5.26 Å². The number of halogens is 2. The molecule has 0 aliphatic carbocycles. The van der Waals surface area contributed by atoms with Crippen molar-refractivity contribution in [1.82, 2.24) is 4.90 Å². The van der Waals surface area contributed by atoms with E-state index >= 15 is 0 Å². The molecule has 0 aromatic heterocycles. The van der Waals surface area contributed by atoms with Gasteiger partial charge in [-0.15, -0.1) is 0 Å². The van der Waals surface area contributed by atoms with E-state index in [1.165, 1.54) is 4.90 Å². The van der Waals surface area contributed by atoms with Crippen molar-refractivity contribution in [3.05, 3.63) is 65.2 Å². The van der Waals surface area contributed by atoms with Gasteiger partial charge in [0.1, 0.15) is 5.69 Å². The second-order valence-corrected chi connectivity index (χ2v) is 6.93. The highest BCUT2D eigenvalue weighted by atomic mass is 19.1. The van der Waals surface area contributed by atoms with Gasteiger partial charge in [-0.25, -0.2) is 8.78 Å². The van der Waals surface area contributed by atoms with E-state index in [-0.39, 0.29) is 17.8 Å². The summed E-state index contributed by atoms with van der Waals surface area (Å²) in [6, 6.07) is 13.7. The summed E-state index contributed by atoms with van der Waals surface area (Å²) in [7, 11) is 1.55. The minimum atomic E-state index is -1.05. The quantitative estimate of drug-likeness (QED) is 0.894. The third kappa shape index (κ3) is 4.01. The summed E-state index contributed by atoms with van der Waals surface area (Å²) in [6.07, 6.45) is 0.531. The van der Waals surface area contributed by atoms with E-state index in [9.17, 15) is 13.9 Å². The molecule has 1 unspecified atom stereocenters. The number of aliphatic hydroxyl groups is 1. The van der Waals surface area contributed by atoms with E-state index in [0.29, 0.717) is 13.0 Å². The largest absolute Gasteiger partial charge is 0.387 e. The summed E-state index contributed by atoms with van der Waals surface area (Å²) >= 11 is 0. The zero-order chi connectivity index (χ0) is 18.7. The van der Waals surface area contributed by atoms with Crippen molar-refractivity contribution in [2.45, 2.75) is 18.6 Å². The second-order valence-electron chi connectivity index (χ2n) is 6.93. The minimum absolute atomic E-state index is 0.0641. The molecule has 1 atom stereocenters. The second kappa shape index (κ2) is 7.40. The topological polar surface area (TPSA) is 50.5 Å². The van der Waals surface area contributed by atoms with Crippen LogP contribution in [-0.4, -0.2) is 42.3 Å². The van der Waals surface area contributed by atoms with Gasteiger partial charge >= 0.3 is 0 Å². The molecule has 1 heterocycles. The molecule has 1 saturated heterocycles. The molecule has 0 amide bonds.